The van der Waals surface area contributed by atoms with Crippen molar-refractivity contribution >= 4 is 34.9 Å². The molecule has 0 spiro atoms. The molecule has 4 aliphatic rings. The largest absolute Gasteiger partial charge is 0.481 e. The predicted molar refractivity (Wildman–Crippen MR) is 209 cm³/mol. The summed E-state index contributed by atoms with van der Waals surface area (Å²) in [6.45, 7) is 6.78. The third kappa shape index (κ3) is 7.37. The Morgan fingerprint density at radius 3 is 2.05 bits per heavy atom. The number of carboxylic acids is 1. The molecule has 4 aromatic rings. The Morgan fingerprint density at radius 2 is 1.40 bits per heavy atom. The van der Waals surface area contributed by atoms with Gasteiger partial charge in [0.05, 0.1) is 22.3 Å². The van der Waals surface area contributed by atoms with Crippen LogP contribution in [0.4, 0.5) is 5.69 Å². The van der Waals surface area contributed by atoms with Crippen molar-refractivity contribution in [2.75, 3.05) is 31.6 Å². The molecule has 8 rings (SSSR count). The Balaban J connectivity index is 0.954. The highest BCUT2D eigenvalue weighted by molar-refractivity contribution is 6.34. The number of carboxylic acid groups (broad SMARTS) is 1. The lowest BCUT2D eigenvalue weighted by molar-refractivity contribution is -0.143. The van der Waals surface area contributed by atoms with Gasteiger partial charge < -0.3 is 24.3 Å². The molecule has 55 heavy (non-hydrogen) atoms. The Morgan fingerprint density at radius 1 is 0.818 bits per heavy atom. The summed E-state index contributed by atoms with van der Waals surface area (Å²) in [6, 6.07) is 12.3. The average molecular weight is 768 g/mol. The SMILES string of the molecule is Cc1c(NC(=O)c2nc3c(n2C)CCN(C2CCC(C(=O)O)CC2)C3)cccc1-c1cccc(CC(=O)c2nc3c(n2C)CCN(C2CCOCC2)C3)c1Cl. The molecular weight excluding hydrogens is 718 g/mol. The highest BCUT2D eigenvalue weighted by Crippen LogP contribution is 2.37. The molecule has 2 N–H and O–H groups in total. The van der Waals surface area contributed by atoms with Gasteiger partial charge in [0.25, 0.3) is 5.91 Å². The maximum absolute atomic E-state index is 13.8. The van der Waals surface area contributed by atoms with Crippen LogP contribution in [0.25, 0.3) is 11.1 Å². The van der Waals surface area contributed by atoms with Gasteiger partial charge in [-0.2, -0.15) is 0 Å². The predicted octanol–water partition coefficient (Wildman–Crippen LogP) is 6.00. The van der Waals surface area contributed by atoms with Crippen molar-refractivity contribution in [1.82, 2.24) is 28.9 Å². The van der Waals surface area contributed by atoms with Crippen LogP contribution in [0.5, 0.6) is 0 Å². The number of halogens is 1. The lowest BCUT2D eigenvalue weighted by atomic mass is 9.85. The molecule has 2 aromatic heterocycles. The van der Waals surface area contributed by atoms with Crippen molar-refractivity contribution in [3.8, 4) is 11.1 Å². The molecule has 3 aliphatic heterocycles. The highest BCUT2D eigenvalue weighted by Gasteiger charge is 2.34. The van der Waals surface area contributed by atoms with Crippen LogP contribution in [0, 0.1) is 12.8 Å². The maximum Gasteiger partial charge on any atom is 0.306 e. The van der Waals surface area contributed by atoms with E-state index < -0.39 is 5.97 Å². The van der Waals surface area contributed by atoms with Crippen LogP contribution in [-0.2, 0) is 56.0 Å². The number of amides is 1. The van der Waals surface area contributed by atoms with E-state index >= 15 is 0 Å². The van der Waals surface area contributed by atoms with Crippen LogP contribution in [0.2, 0.25) is 5.02 Å². The number of aliphatic carboxylic acids is 1. The van der Waals surface area contributed by atoms with E-state index in [0.717, 1.165) is 116 Å². The molecule has 0 radical (unpaired) electrons. The number of benzene rings is 2. The number of anilines is 1. The zero-order valence-electron chi connectivity index (χ0n) is 31.9. The summed E-state index contributed by atoms with van der Waals surface area (Å²) in [5.41, 5.74) is 7.98. The number of aromatic nitrogens is 4. The first-order valence-corrected chi connectivity index (χ1v) is 20.0. The Kier molecular flexibility index (Phi) is 10.7. The number of carbonyl (C=O) groups excluding carboxylic acids is 2. The fourth-order valence-corrected chi connectivity index (χ4v) is 9.62. The van der Waals surface area contributed by atoms with Crippen molar-refractivity contribution in [1.29, 1.82) is 0 Å². The highest BCUT2D eigenvalue weighted by atomic mass is 35.5. The minimum atomic E-state index is -0.694. The van der Waals surface area contributed by atoms with Crippen LogP contribution in [0.1, 0.15) is 93.7 Å². The molecule has 1 saturated heterocycles. The first kappa shape index (κ1) is 37.6. The molecule has 0 atom stereocenters. The number of rotatable bonds is 9. The van der Waals surface area contributed by atoms with E-state index in [0.29, 0.717) is 53.8 Å². The number of fused-ring (bicyclic) bond motifs is 2. The summed E-state index contributed by atoms with van der Waals surface area (Å²) >= 11 is 7.09. The fourth-order valence-electron chi connectivity index (χ4n) is 9.33. The smallest absolute Gasteiger partial charge is 0.306 e. The van der Waals surface area contributed by atoms with Crippen molar-refractivity contribution in [2.24, 2.45) is 20.0 Å². The number of hydrogen-bond donors (Lipinski definition) is 2. The molecule has 13 heteroatoms. The second-order valence-corrected chi connectivity index (χ2v) is 16.1. The lowest BCUT2D eigenvalue weighted by Crippen LogP contribution is -2.42. The van der Waals surface area contributed by atoms with E-state index in [4.69, 9.17) is 26.3 Å². The first-order chi connectivity index (χ1) is 26.6. The van der Waals surface area contributed by atoms with E-state index in [9.17, 15) is 19.5 Å². The van der Waals surface area contributed by atoms with Crippen molar-refractivity contribution in [3.05, 3.63) is 87.0 Å². The van der Waals surface area contributed by atoms with Crippen molar-refractivity contribution < 1.29 is 24.2 Å². The third-order valence-electron chi connectivity index (χ3n) is 12.6. The zero-order valence-corrected chi connectivity index (χ0v) is 32.7. The van der Waals surface area contributed by atoms with E-state index in [1.54, 1.807) is 0 Å². The number of ether oxygens (including phenoxy) is 1. The number of nitrogens with zero attached hydrogens (tertiary/aromatic N) is 6. The van der Waals surface area contributed by atoms with Crippen LogP contribution in [0.3, 0.4) is 0 Å². The lowest BCUT2D eigenvalue weighted by Gasteiger charge is -2.37. The molecule has 1 amide bonds. The number of imidazole rings is 2. The van der Waals surface area contributed by atoms with E-state index in [2.05, 4.69) is 15.1 Å². The maximum atomic E-state index is 13.8. The van der Waals surface area contributed by atoms with E-state index in [-0.39, 0.29) is 24.0 Å². The summed E-state index contributed by atoms with van der Waals surface area (Å²) < 4.78 is 9.44. The number of hydrogen-bond acceptors (Lipinski definition) is 8. The van der Waals surface area contributed by atoms with Crippen LogP contribution in [-0.4, -0.2) is 90.1 Å². The quantitative estimate of drug-likeness (QED) is 0.197. The van der Waals surface area contributed by atoms with Gasteiger partial charge in [0.1, 0.15) is 0 Å². The molecule has 12 nitrogen and oxygen atoms in total. The van der Waals surface area contributed by atoms with Gasteiger partial charge in [-0.1, -0.05) is 41.9 Å². The second-order valence-electron chi connectivity index (χ2n) is 15.7. The van der Waals surface area contributed by atoms with E-state index in [1.165, 1.54) is 0 Å². The average Bonchev–Trinajstić information content (AvgIpc) is 3.72. The topological polar surface area (TPSA) is 135 Å². The number of ketones is 1. The zero-order chi connectivity index (χ0) is 38.4. The fraction of sp³-hybridized carbons (Fsp3) is 0.500. The minimum Gasteiger partial charge on any atom is -0.481 e. The van der Waals surface area contributed by atoms with Crippen molar-refractivity contribution in [3.63, 3.8) is 0 Å². The van der Waals surface area contributed by atoms with Crippen LogP contribution < -0.4 is 5.32 Å². The van der Waals surface area contributed by atoms with Crippen LogP contribution >= 0.6 is 11.6 Å². The number of Topliss-reactive ketones (excluding diaryl/α,β-unsaturated/α-hetero) is 1. The standard InChI is InChI=1S/C42H50ClN7O5/c1-25-30(7-5-9-32(25)46-41(52)40-45-34-24-49(18-15-36(34)48(40)3)28-12-10-26(11-13-28)42(53)54)31-8-4-6-27(38(31)43)22-37(51)39-44-33-23-50(19-14-35(33)47(39)2)29-16-20-55-21-17-29/h4-9,26,28-29H,10-24H2,1-3H3,(H,46,52)(H,53,54). The molecule has 0 unspecified atom stereocenters. The van der Waals surface area contributed by atoms with Gasteiger partial charge >= 0.3 is 5.97 Å². The molecule has 290 valence electrons. The Labute approximate surface area is 326 Å². The molecular formula is C42H50ClN7O5. The summed E-state index contributed by atoms with van der Waals surface area (Å²) in [4.78, 5) is 53.6. The molecule has 1 saturated carbocycles. The molecule has 2 aromatic carbocycles. The van der Waals surface area contributed by atoms with Gasteiger partial charge in [0, 0.05) is 107 Å². The summed E-state index contributed by atoms with van der Waals surface area (Å²) in [5, 5.41) is 13.0. The van der Waals surface area contributed by atoms with Crippen molar-refractivity contribution in [2.45, 2.75) is 89.9 Å². The summed E-state index contributed by atoms with van der Waals surface area (Å²) in [7, 11) is 3.84. The normalized spacial score (nSPS) is 20.9. The van der Waals surface area contributed by atoms with Gasteiger partial charge in [-0.3, -0.25) is 24.2 Å². The third-order valence-corrected chi connectivity index (χ3v) is 13.0. The van der Waals surface area contributed by atoms with Gasteiger partial charge in [-0.25, -0.2) is 9.97 Å². The van der Waals surface area contributed by atoms with Crippen LogP contribution in [0.15, 0.2) is 36.4 Å². The number of nitrogens with one attached hydrogen (secondary N) is 1. The second kappa shape index (κ2) is 15.6. The van der Waals surface area contributed by atoms with Gasteiger partial charge in [-0.05, 0) is 68.2 Å². The Hall–Kier alpha value is -4.36. The van der Waals surface area contributed by atoms with E-state index in [1.807, 2.05) is 66.6 Å². The van der Waals surface area contributed by atoms with Gasteiger partial charge in [-0.15, -0.1) is 0 Å². The molecule has 5 heterocycles. The monoisotopic (exact) mass is 767 g/mol. The summed E-state index contributed by atoms with van der Waals surface area (Å²) in [6.07, 6.45) is 6.98. The minimum absolute atomic E-state index is 0.0715. The molecule has 2 fully saturated rings. The first-order valence-electron chi connectivity index (χ1n) is 19.7. The number of carbonyl (C=O) groups is 3. The summed E-state index contributed by atoms with van der Waals surface area (Å²) in [5.74, 6) is -0.474. The Bertz CT molecular complexity index is 2130. The molecule has 0 bridgehead atoms. The molecule has 1 aliphatic carbocycles. The van der Waals surface area contributed by atoms with Gasteiger partial charge in [0.15, 0.2) is 11.6 Å². The van der Waals surface area contributed by atoms with Gasteiger partial charge in [0.2, 0.25) is 5.78 Å².